The molecule has 0 N–H and O–H groups in total. The molecule has 0 radical (unpaired) electrons. The van der Waals surface area contributed by atoms with Crippen molar-refractivity contribution in [2.24, 2.45) is 0 Å². The second-order valence-corrected chi connectivity index (χ2v) is 10.7. The number of carbonyl (C=O) groups is 2. The molecule has 0 aromatic rings. The second kappa shape index (κ2) is 3.30. The third kappa shape index (κ3) is 6.28. The first-order chi connectivity index (χ1) is 3.13. The zero-order valence-corrected chi connectivity index (χ0v) is 10.0. The monoisotopic (exact) mass is 288 g/mol. The van der Waals surface area contributed by atoms with Crippen LogP contribution in [0.4, 0.5) is 0 Å². The van der Waals surface area contributed by atoms with E-state index in [4.69, 9.17) is 0 Å². The molecule has 0 amide bonds. The molecular formula is C4H6HgO2. The second-order valence-electron chi connectivity index (χ2n) is 1.58. The van der Waals surface area contributed by atoms with Crippen LogP contribution in [0.1, 0.15) is 13.8 Å². The van der Waals surface area contributed by atoms with Gasteiger partial charge < -0.3 is 0 Å². The Kier molecular flexibility index (Phi) is 3.43. The SMILES string of the molecule is C[C](=O)[Hg][C](C)=O. The number of carbonyl (C=O) groups excluding carboxylic acids is 2. The predicted octanol–water partition coefficient (Wildman–Crippen LogP) is 0.162. The van der Waals surface area contributed by atoms with Crippen molar-refractivity contribution in [2.45, 2.75) is 13.8 Å². The third-order valence-electron chi connectivity index (χ3n) is 0.498. The van der Waals surface area contributed by atoms with Crippen molar-refractivity contribution in [1.82, 2.24) is 0 Å². The van der Waals surface area contributed by atoms with Crippen LogP contribution in [0.2, 0.25) is 0 Å². The third-order valence-corrected chi connectivity index (χ3v) is 4.37. The number of hydrogen-bond donors (Lipinski definition) is 0. The van der Waals surface area contributed by atoms with Gasteiger partial charge in [-0.3, -0.25) is 0 Å². The van der Waals surface area contributed by atoms with Gasteiger partial charge in [0.1, 0.15) is 0 Å². The molecule has 0 atom stereocenters. The molecule has 3 heteroatoms. The van der Waals surface area contributed by atoms with E-state index in [-0.39, 0.29) is 6.58 Å². The van der Waals surface area contributed by atoms with Crippen LogP contribution < -0.4 is 0 Å². The fraction of sp³-hybridized carbons (Fsp3) is 0.500. The minimum absolute atomic E-state index is 0.160. The Balaban J connectivity index is 3.32. The Labute approximate surface area is 54.7 Å². The average Bonchev–Trinajstić information content (AvgIpc) is 1.27. The van der Waals surface area contributed by atoms with Crippen molar-refractivity contribution in [3.05, 3.63) is 0 Å². The number of hydrogen-bond acceptors (Lipinski definition) is 2. The summed E-state index contributed by atoms with van der Waals surface area (Å²) < 4.78 is 0.319. The molecule has 0 aliphatic heterocycles. The molecular weight excluding hydrogens is 281 g/mol. The summed E-state index contributed by atoms with van der Waals surface area (Å²) in [7, 11) is 0. The van der Waals surface area contributed by atoms with Crippen molar-refractivity contribution in [1.29, 1.82) is 0 Å². The molecule has 0 aromatic heterocycles. The summed E-state index contributed by atoms with van der Waals surface area (Å²) in [6, 6.07) is 0. The van der Waals surface area contributed by atoms with Crippen LogP contribution in [0.3, 0.4) is 0 Å². The van der Waals surface area contributed by atoms with Crippen LogP contribution in [0.5, 0.6) is 0 Å². The van der Waals surface area contributed by atoms with Gasteiger partial charge in [-0.05, 0) is 0 Å². The van der Waals surface area contributed by atoms with Gasteiger partial charge in [0.05, 0.1) is 0 Å². The van der Waals surface area contributed by atoms with E-state index in [2.05, 4.69) is 0 Å². The zero-order valence-electron chi connectivity index (χ0n) is 4.52. The summed E-state index contributed by atoms with van der Waals surface area (Å²) in [5.41, 5.74) is 0. The summed E-state index contributed by atoms with van der Waals surface area (Å²) >= 11 is -1.65. The van der Waals surface area contributed by atoms with Crippen molar-refractivity contribution in [3.8, 4) is 0 Å². The summed E-state index contributed by atoms with van der Waals surface area (Å²) in [6.07, 6.45) is 0. The molecule has 7 heavy (non-hydrogen) atoms. The Morgan fingerprint density at radius 2 is 1.43 bits per heavy atom. The zero-order chi connectivity index (χ0) is 5.86. The normalized spacial score (nSPS) is 7.14. The molecule has 0 heterocycles. The molecule has 0 spiro atoms. The van der Waals surface area contributed by atoms with Crippen molar-refractivity contribution in [3.63, 3.8) is 0 Å². The fourth-order valence-electron chi connectivity index (χ4n) is 0.351. The fourth-order valence-corrected chi connectivity index (χ4v) is 3.08. The van der Waals surface area contributed by atoms with Crippen molar-refractivity contribution < 1.29 is 34.2 Å². The molecule has 2 nitrogen and oxygen atoms in total. The van der Waals surface area contributed by atoms with Gasteiger partial charge in [0.25, 0.3) is 0 Å². The average molecular weight is 287 g/mol. The molecule has 0 unspecified atom stereocenters. The van der Waals surface area contributed by atoms with Gasteiger partial charge in [-0.25, -0.2) is 0 Å². The van der Waals surface area contributed by atoms with Crippen molar-refractivity contribution in [2.75, 3.05) is 0 Å². The van der Waals surface area contributed by atoms with Gasteiger partial charge in [-0.1, -0.05) is 0 Å². The maximum atomic E-state index is 10.1. The Hall–Kier alpha value is 0.275. The van der Waals surface area contributed by atoms with E-state index in [0.717, 1.165) is 0 Å². The van der Waals surface area contributed by atoms with Gasteiger partial charge in [-0.2, -0.15) is 0 Å². The molecule has 0 saturated carbocycles. The minimum atomic E-state index is -1.65. The quantitative estimate of drug-likeness (QED) is 0.678. The van der Waals surface area contributed by atoms with E-state index in [0.29, 0.717) is 0 Å². The first kappa shape index (κ1) is 7.28. The predicted molar refractivity (Wildman–Crippen MR) is 21.4 cm³/mol. The van der Waals surface area contributed by atoms with Crippen LogP contribution >= 0.6 is 0 Å². The standard InChI is InChI=1S/2C2H3O.Hg/c2*1-2-3;/h2*1H3;. The van der Waals surface area contributed by atoms with Gasteiger partial charge in [0.2, 0.25) is 0 Å². The van der Waals surface area contributed by atoms with Crippen LogP contribution in [-0.4, -0.2) is 6.58 Å². The molecule has 0 saturated heterocycles. The summed E-state index contributed by atoms with van der Waals surface area (Å²) in [5, 5.41) is 0. The summed E-state index contributed by atoms with van der Waals surface area (Å²) in [6.45, 7) is 3.01. The van der Waals surface area contributed by atoms with E-state index >= 15 is 0 Å². The van der Waals surface area contributed by atoms with Gasteiger partial charge >= 0.3 is 54.6 Å². The summed E-state index contributed by atoms with van der Waals surface area (Å²) in [5.74, 6) is 0. The van der Waals surface area contributed by atoms with E-state index in [1.54, 1.807) is 0 Å². The Morgan fingerprint density at radius 1 is 1.14 bits per heavy atom. The van der Waals surface area contributed by atoms with Gasteiger partial charge in [0, 0.05) is 0 Å². The van der Waals surface area contributed by atoms with E-state index in [9.17, 15) is 9.59 Å². The topological polar surface area (TPSA) is 34.1 Å². The van der Waals surface area contributed by atoms with Crippen LogP contribution in [0.15, 0.2) is 0 Å². The Morgan fingerprint density at radius 3 is 1.43 bits per heavy atom. The van der Waals surface area contributed by atoms with E-state index in [1.807, 2.05) is 0 Å². The molecule has 0 rings (SSSR count). The van der Waals surface area contributed by atoms with E-state index < -0.39 is 24.6 Å². The molecule has 0 aliphatic rings. The first-order valence-electron chi connectivity index (χ1n) is 2.12. The van der Waals surface area contributed by atoms with Crippen LogP contribution in [0, 0.1) is 0 Å². The maximum absolute atomic E-state index is 10.1. The molecule has 0 fully saturated rings. The molecule has 0 aromatic carbocycles. The van der Waals surface area contributed by atoms with Gasteiger partial charge in [0.15, 0.2) is 0 Å². The van der Waals surface area contributed by atoms with E-state index in [1.165, 1.54) is 13.8 Å². The summed E-state index contributed by atoms with van der Waals surface area (Å²) in [4.78, 5) is 20.3. The molecule has 0 bridgehead atoms. The molecule has 0 aliphatic carbocycles. The number of rotatable bonds is 2. The molecule has 36 valence electrons. The first-order valence-corrected chi connectivity index (χ1v) is 7.61. The van der Waals surface area contributed by atoms with Gasteiger partial charge in [-0.15, -0.1) is 0 Å². The Bertz CT molecular complexity index is 85.9. The van der Waals surface area contributed by atoms with Crippen molar-refractivity contribution >= 4 is 6.58 Å². The van der Waals surface area contributed by atoms with Crippen LogP contribution in [0.25, 0.3) is 0 Å². The van der Waals surface area contributed by atoms with Crippen LogP contribution in [-0.2, 0) is 34.2 Å².